The Kier molecular flexibility index (Phi) is 4.54. The van der Waals surface area contributed by atoms with E-state index in [0.29, 0.717) is 0 Å². The number of nitriles is 1. The van der Waals surface area contributed by atoms with E-state index in [1.807, 2.05) is 0 Å². The Labute approximate surface area is 102 Å². The first-order valence-corrected chi connectivity index (χ1v) is 5.05. The third-order valence-electron chi connectivity index (χ3n) is 2.12. The van der Waals surface area contributed by atoms with Gasteiger partial charge in [-0.25, -0.2) is 8.78 Å². The first-order valence-electron chi connectivity index (χ1n) is 5.05. The van der Waals surface area contributed by atoms with Crippen LogP contribution in [0.1, 0.15) is 30.2 Å². The van der Waals surface area contributed by atoms with Crippen LogP contribution < -0.4 is 0 Å². The van der Waals surface area contributed by atoms with Crippen LogP contribution >= 0.6 is 0 Å². The Hall–Kier alpha value is -2.23. The molecular weight excluding hydrogens is 246 g/mol. The van der Waals surface area contributed by atoms with Gasteiger partial charge in [0.2, 0.25) is 0 Å². The maximum absolute atomic E-state index is 12.4. The van der Waals surface area contributed by atoms with Crippen molar-refractivity contribution in [1.82, 2.24) is 4.98 Å². The van der Waals surface area contributed by atoms with Crippen molar-refractivity contribution in [2.45, 2.75) is 19.8 Å². The van der Waals surface area contributed by atoms with Gasteiger partial charge in [-0.1, -0.05) is 0 Å². The molecule has 0 aromatic carbocycles. The van der Waals surface area contributed by atoms with Gasteiger partial charge in [0.15, 0.2) is 5.75 Å². The van der Waals surface area contributed by atoms with Gasteiger partial charge in [0.25, 0.3) is 6.43 Å². The van der Waals surface area contributed by atoms with Crippen molar-refractivity contribution in [2.24, 2.45) is 0 Å². The highest BCUT2D eigenvalue weighted by Gasteiger charge is 2.21. The van der Waals surface area contributed by atoms with Gasteiger partial charge in [-0.3, -0.25) is 9.78 Å². The maximum Gasteiger partial charge on any atom is 0.310 e. The molecule has 1 aromatic heterocycles. The number of aromatic hydroxyl groups is 1. The lowest BCUT2D eigenvalue weighted by Crippen LogP contribution is -2.10. The van der Waals surface area contributed by atoms with Crippen molar-refractivity contribution in [3.63, 3.8) is 0 Å². The summed E-state index contributed by atoms with van der Waals surface area (Å²) in [4.78, 5) is 14.6. The zero-order valence-corrected chi connectivity index (χ0v) is 9.48. The van der Waals surface area contributed by atoms with Crippen LogP contribution in [0.2, 0.25) is 0 Å². The zero-order valence-electron chi connectivity index (χ0n) is 9.48. The van der Waals surface area contributed by atoms with Crippen LogP contribution in [-0.2, 0) is 16.0 Å². The second-order valence-electron chi connectivity index (χ2n) is 3.29. The van der Waals surface area contributed by atoms with E-state index in [1.54, 1.807) is 13.0 Å². The average Bonchev–Trinajstić information content (AvgIpc) is 2.29. The molecule has 5 nitrogen and oxygen atoms in total. The summed E-state index contributed by atoms with van der Waals surface area (Å²) in [6.07, 6.45) is -2.33. The number of hydrogen-bond donors (Lipinski definition) is 1. The SMILES string of the molecule is CCOC(=O)Cc1cnc(C(F)F)c(O)c1C#N. The number of nitrogens with zero attached hydrogens (tertiary/aromatic N) is 2. The van der Waals surface area contributed by atoms with E-state index in [2.05, 4.69) is 9.72 Å². The highest BCUT2D eigenvalue weighted by molar-refractivity contribution is 5.74. The molecule has 0 aliphatic carbocycles. The van der Waals surface area contributed by atoms with Gasteiger partial charge < -0.3 is 9.84 Å². The van der Waals surface area contributed by atoms with Crippen LogP contribution in [0.3, 0.4) is 0 Å². The van der Waals surface area contributed by atoms with E-state index in [4.69, 9.17) is 5.26 Å². The molecule has 0 radical (unpaired) electrons. The van der Waals surface area contributed by atoms with Gasteiger partial charge in [-0.2, -0.15) is 5.26 Å². The average molecular weight is 256 g/mol. The largest absolute Gasteiger partial charge is 0.505 e. The number of halogens is 2. The maximum atomic E-state index is 12.4. The number of ether oxygens (including phenoxy) is 1. The summed E-state index contributed by atoms with van der Waals surface area (Å²) in [5, 5.41) is 18.3. The van der Waals surface area contributed by atoms with Crippen LogP contribution in [0.4, 0.5) is 8.78 Å². The minimum atomic E-state index is -2.99. The van der Waals surface area contributed by atoms with Crippen molar-refractivity contribution in [1.29, 1.82) is 5.26 Å². The van der Waals surface area contributed by atoms with Gasteiger partial charge in [0, 0.05) is 11.8 Å². The molecule has 1 rings (SSSR count). The molecule has 0 saturated heterocycles. The van der Waals surface area contributed by atoms with E-state index >= 15 is 0 Å². The first-order chi connectivity index (χ1) is 8.51. The lowest BCUT2D eigenvalue weighted by Gasteiger charge is -2.08. The van der Waals surface area contributed by atoms with E-state index in [0.717, 1.165) is 6.20 Å². The first kappa shape index (κ1) is 13.8. The minimum absolute atomic E-state index is 0.0536. The third kappa shape index (κ3) is 2.91. The van der Waals surface area contributed by atoms with Gasteiger partial charge in [0.05, 0.1) is 13.0 Å². The smallest absolute Gasteiger partial charge is 0.310 e. The number of alkyl halides is 2. The van der Waals surface area contributed by atoms with Gasteiger partial charge in [0.1, 0.15) is 17.3 Å². The summed E-state index contributed by atoms with van der Waals surface area (Å²) >= 11 is 0. The fraction of sp³-hybridized carbons (Fsp3) is 0.364. The summed E-state index contributed by atoms with van der Waals surface area (Å²) < 4.78 is 29.5. The van der Waals surface area contributed by atoms with Crippen LogP contribution in [0.25, 0.3) is 0 Å². The molecular formula is C11H10F2N2O3. The van der Waals surface area contributed by atoms with Gasteiger partial charge >= 0.3 is 5.97 Å². The standard InChI is InChI=1S/C11H10F2N2O3/c1-2-18-8(16)3-6-5-15-9(11(12)13)10(17)7(6)4-14/h5,11,17H,2-3H2,1H3. The topological polar surface area (TPSA) is 83.2 Å². The molecule has 0 aliphatic rings. The van der Waals surface area contributed by atoms with Crippen molar-refractivity contribution in [3.05, 3.63) is 23.0 Å². The van der Waals surface area contributed by atoms with E-state index in [-0.39, 0.29) is 24.2 Å². The Balaban J connectivity index is 3.12. The molecule has 7 heteroatoms. The fourth-order valence-electron chi connectivity index (χ4n) is 1.34. The van der Waals surface area contributed by atoms with Crippen molar-refractivity contribution >= 4 is 5.97 Å². The van der Waals surface area contributed by atoms with Crippen LogP contribution in [-0.4, -0.2) is 22.7 Å². The van der Waals surface area contributed by atoms with Gasteiger partial charge in [-0.15, -0.1) is 0 Å². The predicted octanol–water partition coefficient (Wildman–Crippen LogP) is 1.70. The molecule has 0 saturated carbocycles. The van der Waals surface area contributed by atoms with Crippen molar-refractivity contribution < 1.29 is 23.4 Å². The Bertz CT molecular complexity index is 498. The molecule has 18 heavy (non-hydrogen) atoms. The van der Waals surface area contributed by atoms with E-state index in [1.165, 1.54) is 0 Å². The Morgan fingerprint density at radius 3 is 2.83 bits per heavy atom. The second-order valence-corrected chi connectivity index (χ2v) is 3.29. The summed E-state index contributed by atoms with van der Waals surface area (Å²) in [5.74, 6) is -1.52. The van der Waals surface area contributed by atoms with Crippen molar-refractivity contribution in [2.75, 3.05) is 6.61 Å². The van der Waals surface area contributed by atoms with Crippen LogP contribution in [0.5, 0.6) is 5.75 Å². The lowest BCUT2D eigenvalue weighted by atomic mass is 10.1. The van der Waals surface area contributed by atoms with Crippen LogP contribution in [0.15, 0.2) is 6.20 Å². The number of carbonyl (C=O) groups excluding carboxylic acids is 1. The monoisotopic (exact) mass is 256 g/mol. The van der Waals surface area contributed by atoms with Gasteiger partial charge in [-0.05, 0) is 6.92 Å². The number of rotatable bonds is 4. The minimum Gasteiger partial charge on any atom is -0.505 e. The molecule has 96 valence electrons. The molecule has 0 fully saturated rings. The predicted molar refractivity (Wildman–Crippen MR) is 55.9 cm³/mol. The number of aromatic nitrogens is 1. The fourth-order valence-corrected chi connectivity index (χ4v) is 1.34. The molecule has 1 aromatic rings. The summed E-state index contributed by atoms with van der Waals surface area (Å²) in [7, 11) is 0. The van der Waals surface area contributed by atoms with E-state index < -0.39 is 23.8 Å². The third-order valence-corrected chi connectivity index (χ3v) is 2.12. The highest BCUT2D eigenvalue weighted by atomic mass is 19.3. The zero-order chi connectivity index (χ0) is 13.7. The molecule has 0 unspecified atom stereocenters. The number of hydrogen-bond acceptors (Lipinski definition) is 5. The highest BCUT2D eigenvalue weighted by Crippen LogP contribution is 2.30. The lowest BCUT2D eigenvalue weighted by molar-refractivity contribution is -0.142. The summed E-state index contributed by atoms with van der Waals surface area (Å²) in [6, 6.07) is 1.58. The second kappa shape index (κ2) is 5.91. The van der Waals surface area contributed by atoms with E-state index in [9.17, 15) is 18.7 Å². The Morgan fingerprint density at radius 2 is 2.33 bits per heavy atom. The number of carbonyl (C=O) groups is 1. The molecule has 0 spiro atoms. The summed E-state index contributed by atoms with van der Waals surface area (Å²) in [5.41, 5.74) is -1.20. The number of pyridine rings is 1. The quantitative estimate of drug-likeness (QED) is 0.829. The molecule has 0 atom stereocenters. The molecule has 1 N–H and O–H groups in total. The molecule has 0 aliphatic heterocycles. The van der Waals surface area contributed by atoms with Crippen LogP contribution in [0, 0.1) is 11.3 Å². The molecule has 0 bridgehead atoms. The summed E-state index contributed by atoms with van der Waals surface area (Å²) in [6.45, 7) is 1.77. The Morgan fingerprint density at radius 1 is 1.67 bits per heavy atom. The van der Waals surface area contributed by atoms with Crippen molar-refractivity contribution in [3.8, 4) is 11.8 Å². The molecule has 1 heterocycles. The normalized spacial score (nSPS) is 10.2. The number of esters is 1. The molecule has 0 amide bonds.